The average Bonchev–Trinajstić information content (AvgIpc) is 3.33. The zero-order valence-corrected chi connectivity index (χ0v) is 24.0. The molecule has 0 bridgehead atoms. The van der Waals surface area contributed by atoms with Gasteiger partial charge in [0.1, 0.15) is 0 Å². The predicted octanol–water partition coefficient (Wildman–Crippen LogP) is 5.16. The molecule has 1 amide bonds. The van der Waals surface area contributed by atoms with Crippen LogP contribution in [-0.4, -0.2) is 44.5 Å². The first-order valence-electron chi connectivity index (χ1n) is 13.5. The number of rotatable bonds is 8. The lowest BCUT2D eigenvalue weighted by atomic mass is 9.68. The van der Waals surface area contributed by atoms with E-state index in [0.29, 0.717) is 54.2 Å². The Morgan fingerprint density at radius 3 is 2.42 bits per heavy atom. The van der Waals surface area contributed by atoms with E-state index in [1.54, 1.807) is 21.3 Å². The first-order valence-corrected chi connectivity index (χ1v) is 13.5. The Bertz CT molecular complexity index is 1520. The van der Waals surface area contributed by atoms with Crippen LogP contribution in [-0.2, 0) is 16.0 Å². The summed E-state index contributed by atoms with van der Waals surface area (Å²) in [5, 5.41) is 7.69. The first kappa shape index (κ1) is 27.4. The molecule has 0 radical (unpaired) electrons. The topological polar surface area (TPSA) is 102 Å². The minimum Gasteiger partial charge on any atom is -0.493 e. The van der Waals surface area contributed by atoms with Crippen LogP contribution in [0.15, 0.2) is 65.1 Å². The Morgan fingerprint density at radius 1 is 1.05 bits per heavy atom. The van der Waals surface area contributed by atoms with Gasteiger partial charge in [-0.25, -0.2) is 0 Å². The molecule has 2 aromatic carbocycles. The Balaban J connectivity index is 1.52. The molecule has 210 valence electrons. The highest BCUT2D eigenvalue weighted by atomic mass is 16.5. The number of ether oxygens (including phenoxy) is 3. The number of allylic oxidation sites excluding steroid dienone is 3. The molecule has 2 heterocycles. The minimum absolute atomic E-state index is 0.0362. The molecule has 3 aromatic rings. The van der Waals surface area contributed by atoms with Gasteiger partial charge in [0.15, 0.2) is 17.3 Å². The van der Waals surface area contributed by atoms with Gasteiger partial charge in [0.25, 0.3) is 0 Å². The zero-order valence-electron chi connectivity index (χ0n) is 24.0. The van der Waals surface area contributed by atoms with E-state index < -0.39 is 5.92 Å². The van der Waals surface area contributed by atoms with Crippen molar-refractivity contribution in [3.8, 4) is 17.2 Å². The maximum absolute atomic E-state index is 13.9. The molecule has 1 atom stereocenters. The molecular formula is C32H37N3O5. The second-order valence-electron chi connectivity index (χ2n) is 11.3. The highest BCUT2D eigenvalue weighted by molar-refractivity contribution is 6.05. The minimum atomic E-state index is -0.582. The van der Waals surface area contributed by atoms with Crippen LogP contribution in [0.1, 0.15) is 50.7 Å². The summed E-state index contributed by atoms with van der Waals surface area (Å²) >= 11 is 0. The van der Waals surface area contributed by atoms with Gasteiger partial charge in [0.05, 0.1) is 21.3 Å². The number of amides is 1. The Morgan fingerprint density at radius 2 is 1.75 bits per heavy atom. The van der Waals surface area contributed by atoms with Crippen molar-refractivity contribution < 1.29 is 23.8 Å². The van der Waals surface area contributed by atoms with Crippen LogP contribution >= 0.6 is 0 Å². The van der Waals surface area contributed by atoms with Crippen LogP contribution in [0.25, 0.3) is 10.9 Å². The highest BCUT2D eigenvalue weighted by Crippen LogP contribution is 2.49. The first-order chi connectivity index (χ1) is 19.2. The lowest BCUT2D eigenvalue weighted by Gasteiger charge is -2.39. The van der Waals surface area contributed by atoms with Crippen LogP contribution < -0.4 is 24.8 Å². The van der Waals surface area contributed by atoms with Gasteiger partial charge in [-0.15, -0.1) is 0 Å². The molecule has 1 unspecified atom stereocenters. The van der Waals surface area contributed by atoms with Crippen molar-refractivity contribution >= 4 is 22.6 Å². The third-order valence-electron chi connectivity index (χ3n) is 7.86. The summed E-state index contributed by atoms with van der Waals surface area (Å²) in [5.41, 5.74) is 5.50. The normalized spacial score (nSPS) is 18.4. The van der Waals surface area contributed by atoms with Crippen LogP contribution in [0.2, 0.25) is 0 Å². The lowest BCUT2D eigenvalue weighted by Crippen LogP contribution is -2.41. The molecular weight excluding hydrogens is 506 g/mol. The number of aromatic amines is 1. The number of dihydropyridines is 1. The third-order valence-corrected chi connectivity index (χ3v) is 7.86. The van der Waals surface area contributed by atoms with Gasteiger partial charge in [-0.3, -0.25) is 9.59 Å². The molecule has 40 heavy (non-hydrogen) atoms. The fourth-order valence-electron chi connectivity index (χ4n) is 6.08. The van der Waals surface area contributed by atoms with E-state index in [4.69, 9.17) is 14.2 Å². The van der Waals surface area contributed by atoms with Crippen molar-refractivity contribution in [2.45, 2.75) is 46.0 Å². The summed E-state index contributed by atoms with van der Waals surface area (Å²) < 4.78 is 16.8. The highest BCUT2D eigenvalue weighted by Gasteiger charge is 2.43. The maximum atomic E-state index is 13.9. The standard InChI is InChI=1S/C32H37N3O5/c1-18-27(31(37)33-12-11-19-17-34-22-10-8-7-9-21(19)22)28(29-23(35-18)15-32(2,3)16-24(29)36)20-13-25(38-4)30(40-6)26(14-20)39-5/h7-10,13-14,17,28,34-35H,11-12,15-16H2,1-6H3,(H,33,37). The van der Waals surface area contributed by atoms with Crippen molar-refractivity contribution in [3.05, 3.63) is 76.3 Å². The monoisotopic (exact) mass is 543 g/mol. The Labute approximate surface area is 234 Å². The molecule has 5 rings (SSSR count). The second kappa shape index (κ2) is 10.8. The molecule has 0 fully saturated rings. The second-order valence-corrected chi connectivity index (χ2v) is 11.3. The number of ketones is 1. The van der Waals surface area contributed by atoms with Crippen LogP contribution in [0, 0.1) is 5.41 Å². The fraction of sp³-hybridized carbons (Fsp3) is 0.375. The summed E-state index contributed by atoms with van der Waals surface area (Å²) in [6, 6.07) is 11.8. The van der Waals surface area contributed by atoms with Gasteiger partial charge >= 0.3 is 0 Å². The van der Waals surface area contributed by atoms with E-state index in [2.05, 4.69) is 35.5 Å². The largest absolute Gasteiger partial charge is 0.493 e. The smallest absolute Gasteiger partial charge is 0.249 e. The number of para-hydroxylation sites is 1. The number of carbonyl (C=O) groups is 2. The number of H-pyrrole nitrogens is 1. The van der Waals surface area contributed by atoms with Crippen molar-refractivity contribution in [1.29, 1.82) is 0 Å². The summed E-state index contributed by atoms with van der Waals surface area (Å²) in [7, 11) is 4.67. The number of Topliss-reactive ketones (excluding diaryl/α,β-unsaturated/α-hetero) is 1. The van der Waals surface area contributed by atoms with Crippen molar-refractivity contribution in [2.75, 3.05) is 27.9 Å². The van der Waals surface area contributed by atoms with E-state index >= 15 is 0 Å². The van der Waals surface area contributed by atoms with Gasteiger partial charge in [0, 0.05) is 58.5 Å². The summed E-state index contributed by atoms with van der Waals surface area (Å²) in [6.07, 6.45) is 3.78. The van der Waals surface area contributed by atoms with Crippen LogP contribution in [0.3, 0.4) is 0 Å². The Hall–Kier alpha value is -4.20. The summed E-state index contributed by atoms with van der Waals surface area (Å²) in [4.78, 5) is 30.9. The van der Waals surface area contributed by atoms with Gasteiger partial charge in [-0.2, -0.15) is 0 Å². The Kier molecular flexibility index (Phi) is 7.36. The molecule has 0 saturated heterocycles. The van der Waals surface area contributed by atoms with Gasteiger partial charge < -0.3 is 29.8 Å². The van der Waals surface area contributed by atoms with E-state index in [0.717, 1.165) is 33.4 Å². The van der Waals surface area contributed by atoms with Crippen molar-refractivity contribution in [2.24, 2.45) is 5.41 Å². The quantitative estimate of drug-likeness (QED) is 0.363. The molecule has 1 aliphatic heterocycles. The number of carbonyl (C=O) groups excluding carboxylic acids is 2. The molecule has 8 heteroatoms. The van der Waals surface area contributed by atoms with Crippen molar-refractivity contribution in [3.63, 3.8) is 0 Å². The van der Waals surface area contributed by atoms with Crippen LogP contribution in [0.4, 0.5) is 0 Å². The van der Waals surface area contributed by atoms with E-state index in [9.17, 15) is 9.59 Å². The molecule has 0 spiro atoms. The SMILES string of the molecule is COc1cc(C2C(C(=O)NCCc3c[nH]c4ccccc34)=C(C)NC3=C2C(=O)CC(C)(C)C3)cc(OC)c1OC. The number of nitrogens with one attached hydrogen (secondary N) is 3. The fourth-order valence-corrected chi connectivity index (χ4v) is 6.08. The molecule has 1 aromatic heterocycles. The number of methoxy groups -OCH3 is 3. The maximum Gasteiger partial charge on any atom is 0.249 e. The summed E-state index contributed by atoms with van der Waals surface area (Å²) in [6.45, 7) is 6.54. The molecule has 0 saturated carbocycles. The van der Waals surface area contributed by atoms with E-state index in [-0.39, 0.29) is 17.1 Å². The van der Waals surface area contributed by atoms with Crippen molar-refractivity contribution in [1.82, 2.24) is 15.6 Å². The summed E-state index contributed by atoms with van der Waals surface area (Å²) in [5.74, 6) is 0.637. The van der Waals surface area contributed by atoms with Gasteiger partial charge in [-0.05, 0) is 54.5 Å². The molecule has 8 nitrogen and oxygen atoms in total. The molecule has 1 aliphatic carbocycles. The average molecular weight is 544 g/mol. The van der Waals surface area contributed by atoms with Crippen LogP contribution in [0.5, 0.6) is 17.2 Å². The van der Waals surface area contributed by atoms with E-state index in [1.165, 1.54) is 0 Å². The number of fused-ring (bicyclic) bond motifs is 1. The van der Waals surface area contributed by atoms with Gasteiger partial charge in [0.2, 0.25) is 11.7 Å². The molecule has 3 N–H and O–H groups in total. The third kappa shape index (κ3) is 4.94. The predicted molar refractivity (Wildman–Crippen MR) is 155 cm³/mol. The number of hydrogen-bond acceptors (Lipinski definition) is 6. The number of benzene rings is 2. The zero-order chi connectivity index (χ0) is 28.6. The lowest BCUT2D eigenvalue weighted by molar-refractivity contribution is -0.118. The number of aromatic nitrogens is 1. The molecule has 2 aliphatic rings. The van der Waals surface area contributed by atoms with Gasteiger partial charge in [-0.1, -0.05) is 32.0 Å². The van der Waals surface area contributed by atoms with E-state index in [1.807, 2.05) is 43.5 Å². The number of hydrogen-bond donors (Lipinski definition) is 3.